The Morgan fingerprint density at radius 1 is 0.947 bits per heavy atom. The van der Waals surface area contributed by atoms with Crippen LogP contribution in [0.15, 0.2) is 24.3 Å². The second-order valence-corrected chi connectivity index (χ2v) is 5.13. The van der Waals surface area contributed by atoms with Crippen molar-refractivity contribution in [1.29, 1.82) is 0 Å². The van der Waals surface area contributed by atoms with Crippen molar-refractivity contribution in [3.05, 3.63) is 29.8 Å². The Kier molecular flexibility index (Phi) is 9.17. The molecule has 2 nitrogen and oxygen atoms in total. The van der Waals surface area contributed by atoms with E-state index in [9.17, 15) is 0 Å². The number of hydrogen-bond acceptors (Lipinski definition) is 2. The summed E-state index contributed by atoms with van der Waals surface area (Å²) in [4.78, 5) is 0. The van der Waals surface area contributed by atoms with Crippen LogP contribution in [0.5, 0.6) is 5.75 Å². The number of nitrogens with one attached hydrogen (secondary N) is 1. The summed E-state index contributed by atoms with van der Waals surface area (Å²) in [5.41, 5.74) is 1.22. The molecule has 0 atom stereocenters. The van der Waals surface area contributed by atoms with Gasteiger partial charge in [-0.15, -0.1) is 0 Å². The normalized spacial score (nSPS) is 10.6. The van der Waals surface area contributed by atoms with Gasteiger partial charge in [0, 0.05) is 0 Å². The van der Waals surface area contributed by atoms with Crippen LogP contribution >= 0.6 is 0 Å². The Labute approximate surface area is 118 Å². The van der Waals surface area contributed by atoms with Gasteiger partial charge in [-0.1, -0.05) is 44.4 Å². The van der Waals surface area contributed by atoms with E-state index in [1.54, 1.807) is 0 Å². The monoisotopic (exact) mass is 263 g/mol. The van der Waals surface area contributed by atoms with Gasteiger partial charge in [0.25, 0.3) is 0 Å². The number of benzene rings is 1. The molecule has 0 saturated heterocycles. The van der Waals surface area contributed by atoms with Crippen LogP contribution in [-0.4, -0.2) is 19.7 Å². The first-order valence-corrected chi connectivity index (χ1v) is 7.73. The second-order valence-electron chi connectivity index (χ2n) is 5.13. The summed E-state index contributed by atoms with van der Waals surface area (Å²) in [5.74, 6) is 1.02. The first kappa shape index (κ1) is 16.0. The summed E-state index contributed by atoms with van der Waals surface area (Å²) in [5, 5.41) is 3.50. The smallest absolute Gasteiger partial charge is 0.122 e. The standard InChI is InChI=1S/C17H29NO/c1-3-4-5-8-13-18-14-9-10-15-19-17-12-7-6-11-16(17)2/h6-7,11-12,18H,3-5,8-10,13-15H2,1-2H3. The second kappa shape index (κ2) is 10.9. The summed E-state index contributed by atoms with van der Waals surface area (Å²) in [6.45, 7) is 7.44. The molecule has 0 saturated carbocycles. The third-order valence-corrected chi connectivity index (χ3v) is 3.31. The number of rotatable bonds is 11. The van der Waals surface area contributed by atoms with Gasteiger partial charge in [0.15, 0.2) is 0 Å². The van der Waals surface area contributed by atoms with Crippen LogP contribution in [0.4, 0.5) is 0 Å². The maximum Gasteiger partial charge on any atom is 0.122 e. The SMILES string of the molecule is CCCCCCNCCCCOc1ccccc1C. The summed E-state index contributed by atoms with van der Waals surface area (Å²) in [6, 6.07) is 8.21. The van der Waals surface area contributed by atoms with Gasteiger partial charge in [0.1, 0.15) is 5.75 Å². The Morgan fingerprint density at radius 2 is 1.68 bits per heavy atom. The van der Waals surface area contributed by atoms with Crippen LogP contribution < -0.4 is 10.1 Å². The number of para-hydroxylation sites is 1. The van der Waals surface area contributed by atoms with Crippen LogP contribution in [0.3, 0.4) is 0 Å². The Hall–Kier alpha value is -1.02. The first-order valence-electron chi connectivity index (χ1n) is 7.73. The molecule has 1 aromatic rings. The highest BCUT2D eigenvalue weighted by atomic mass is 16.5. The highest BCUT2D eigenvalue weighted by Gasteiger charge is 1.97. The molecule has 108 valence electrons. The summed E-state index contributed by atoms with van der Waals surface area (Å²) in [6.07, 6.45) is 7.67. The fraction of sp³-hybridized carbons (Fsp3) is 0.647. The summed E-state index contributed by atoms with van der Waals surface area (Å²) >= 11 is 0. The third-order valence-electron chi connectivity index (χ3n) is 3.31. The van der Waals surface area contributed by atoms with Gasteiger partial charge < -0.3 is 10.1 Å². The molecule has 0 unspecified atom stereocenters. The molecular formula is C17H29NO. The van der Waals surface area contributed by atoms with E-state index in [1.165, 1.54) is 44.2 Å². The molecule has 19 heavy (non-hydrogen) atoms. The predicted octanol–water partition coefficient (Wildman–Crippen LogP) is 4.32. The maximum atomic E-state index is 5.77. The molecule has 0 radical (unpaired) electrons. The topological polar surface area (TPSA) is 21.3 Å². The fourth-order valence-corrected chi connectivity index (χ4v) is 2.05. The lowest BCUT2D eigenvalue weighted by Crippen LogP contribution is -2.17. The molecule has 0 aliphatic carbocycles. The summed E-state index contributed by atoms with van der Waals surface area (Å²) in [7, 11) is 0. The zero-order valence-corrected chi connectivity index (χ0v) is 12.6. The van der Waals surface area contributed by atoms with Crippen molar-refractivity contribution in [2.24, 2.45) is 0 Å². The lowest BCUT2D eigenvalue weighted by Gasteiger charge is -2.09. The molecule has 0 aliphatic heterocycles. The average molecular weight is 263 g/mol. The van der Waals surface area contributed by atoms with E-state index in [2.05, 4.69) is 25.2 Å². The Balaban J connectivity index is 1.90. The van der Waals surface area contributed by atoms with E-state index < -0.39 is 0 Å². The van der Waals surface area contributed by atoms with Crippen molar-refractivity contribution in [1.82, 2.24) is 5.32 Å². The Bertz CT molecular complexity index is 325. The molecule has 0 aliphatic rings. The van der Waals surface area contributed by atoms with Crippen molar-refractivity contribution in [3.8, 4) is 5.75 Å². The minimum atomic E-state index is 0.822. The molecule has 0 amide bonds. The largest absolute Gasteiger partial charge is 0.493 e. The minimum absolute atomic E-state index is 0.822. The first-order chi connectivity index (χ1) is 9.34. The molecule has 0 fully saturated rings. The van der Waals surface area contributed by atoms with Gasteiger partial charge in [-0.2, -0.15) is 0 Å². The van der Waals surface area contributed by atoms with E-state index in [1.807, 2.05) is 18.2 Å². The zero-order chi connectivity index (χ0) is 13.8. The molecule has 0 heterocycles. The van der Waals surface area contributed by atoms with Crippen LogP contribution in [0, 0.1) is 6.92 Å². The lowest BCUT2D eigenvalue weighted by atomic mass is 10.2. The summed E-state index contributed by atoms with van der Waals surface area (Å²) < 4.78 is 5.77. The molecule has 1 N–H and O–H groups in total. The predicted molar refractivity (Wildman–Crippen MR) is 82.9 cm³/mol. The molecule has 0 spiro atoms. The van der Waals surface area contributed by atoms with E-state index in [0.717, 1.165) is 25.3 Å². The highest BCUT2D eigenvalue weighted by molar-refractivity contribution is 5.31. The number of unbranched alkanes of at least 4 members (excludes halogenated alkanes) is 4. The van der Waals surface area contributed by atoms with Gasteiger partial charge in [-0.05, 0) is 50.9 Å². The zero-order valence-electron chi connectivity index (χ0n) is 12.6. The molecule has 0 bridgehead atoms. The molecular weight excluding hydrogens is 234 g/mol. The van der Waals surface area contributed by atoms with Crippen molar-refractivity contribution < 1.29 is 4.74 Å². The van der Waals surface area contributed by atoms with Crippen molar-refractivity contribution in [2.45, 2.75) is 52.4 Å². The lowest BCUT2D eigenvalue weighted by molar-refractivity contribution is 0.304. The maximum absolute atomic E-state index is 5.77. The number of ether oxygens (including phenoxy) is 1. The van der Waals surface area contributed by atoms with Crippen molar-refractivity contribution in [2.75, 3.05) is 19.7 Å². The van der Waals surface area contributed by atoms with E-state index in [0.29, 0.717) is 0 Å². The quantitative estimate of drug-likeness (QED) is 0.600. The van der Waals surface area contributed by atoms with Crippen LogP contribution in [0.25, 0.3) is 0 Å². The number of hydrogen-bond donors (Lipinski definition) is 1. The van der Waals surface area contributed by atoms with Crippen LogP contribution in [0.1, 0.15) is 51.0 Å². The molecule has 0 aromatic heterocycles. The highest BCUT2D eigenvalue weighted by Crippen LogP contribution is 2.16. The van der Waals surface area contributed by atoms with Gasteiger partial charge in [0.2, 0.25) is 0 Å². The van der Waals surface area contributed by atoms with Gasteiger partial charge in [-0.25, -0.2) is 0 Å². The van der Waals surface area contributed by atoms with E-state index in [4.69, 9.17) is 4.74 Å². The van der Waals surface area contributed by atoms with E-state index in [-0.39, 0.29) is 0 Å². The third kappa shape index (κ3) is 7.89. The van der Waals surface area contributed by atoms with Crippen LogP contribution in [0.2, 0.25) is 0 Å². The minimum Gasteiger partial charge on any atom is -0.493 e. The van der Waals surface area contributed by atoms with Crippen molar-refractivity contribution >= 4 is 0 Å². The van der Waals surface area contributed by atoms with Crippen LogP contribution in [-0.2, 0) is 0 Å². The van der Waals surface area contributed by atoms with E-state index >= 15 is 0 Å². The number of aryl methyl sites for hydroxylation is 1. The van der Waals surface area contributed by atoms with Gasteiger partial charge in [0.05, 0.1) is 6.61 Å². The average Bonchev–Trinajstić information content (AvgIpc) is 2.43. The van der Waals surface area contributed by atoms with Crippen molar-refractivity contribution in [3.63, 3.8) is 0 Å². The molecule has 2 heteroatoms. The Morgan fingerprint density at radius 3 is 2.42 bits per heavy atom. The fourth-order valence-electron chi connectivity index (χ4n) is 2.05. The van der Waals surface area contributed by atoms with Gasteiger partial charge >= 0.3 is 0 Å². The molecule has 1 rings (SSSR count). The van der Waals surface area contributed by atoms with Gasteiger partial charge in [-0.3, -0.25) is 0 Å². The molecule has 1 aromatic carbocycles.